The van der Waals surface area contributed by atoms with Crippen molar-refractivity contribution >= 4 is 0 Å². The molecule has 1 aliphatic heterocycles. The first-order valence-electron chi connectivity index (χ1n) is 6.41. The van der Waals surface area contributed by atoms with Gasteiger partial charge in [0.25, 0.3) is 0 Å². The zero-order valence-electron chi connectivity index (χ0n) is 9.60. The molecule has 88 valence electrons. The molecule has 5 heteroatoms. The van der Waals surface area contributed by atoms with Crippen molar-refractivity contribution in [3.05, 3.63) is 5.82 Å². The van der Waals surface area contributed by atoms with Crippen molar-refractivity contribution in [1.82, 2.24) is 25.5 Å². The van der Waals surface area contributed by atoms with E-state index in [4.69, 9.17) is 0 Å². The number of tetrazole rings is 1. The molecule has 2 fully saturated rings. The van der Waals surface area contributed by atoms with E-state index in [1.165, 1.54) is 32.1 Å². The Kier molecular flexibility index (Phi) is 2.86. The second-order valence-electron chi connectivity index (χ2n) is 5.03. The van der Waals surface area contributed by atoms with Crippen molar-refractivity contribution < 1.29 is 0 Å². The van der Waals surface area contributed by atoms with Gasteiger partial charge in [0, 0.05) is 6.42 Å². The molecule has 0 amide bonds. The van der Waals surface area contributed by atoms with Crippen LogP contribution in [0.3, 0.4) is 0 Å². The van der Waals surface area contributed by atoms with E-state index in [0.717, 1.165) is 25.3 Å². The summed E-state index contributed by atoms with van der Waals surface area (Å²) in [5.41, 5.74) is 0. The number of nitrogens with zero attached hydrogens (tertiary/aromatic N) is 4. The number of rotatable bonds is 3. The smallest absolute Gasteiger partial charge is 0.175 e. The third-order valence-electron chi connectivity index (χ3n) is 3.75. The SMILES string of the molecule is C1CCC(n2nnc(CC3CCNC3)n2)C1. The van der Waals surface area contributed by atoms with Gasteiger partial charge in [-0.15, -0.1) is 10.2 Å². The first-order chi connectivity index (χ1) is 7.92. The summed E-state index contributed by atoms with van der Waals surface area (Å²) in [5.74, 6) is 1.64. The second kappa shape index (κ2) is 4.49. The summed E-state index contributed by atoms with van der Waals surface area (Å²) in [6.45, 7) is 2.25. The Hall–Kier alpha value is -0.970. The summed E-state index contributed by atoms with van der Waals surface area (Å²) in [4.78, 5) is 1.85. The van der Waals surface area contributed by atoms with Gasteiger partial charge in [-0.1, -0.05) is 12.8 Å². The highest BCUT2D eigenvalue weighted by Gasteiger charge is 2.21. The molecule has 1 saturated carbocycles. The Morgan fingerprint density at radius 3 is 2.88 bits per heavy atom. The van der Waals surface area contributed by atoms with Gasteiger partial charge >= 0.3 is 0 Å². The molecule has 5 nitrogen and oxygen atoms in total. The van der Waals surface area contributed by atoms with Crippen molar-refractivity contribution in [3.8, 4) is 0 Å². The zero-order valence-corrected chi connectivity index (χ0v) is 9.60. The quantitative estimate of drug-likeness (QED) is 0.825. The molecule has 0 bridgehead atoms. The highest BCUT2D eigenvalue weighted by Crippen LogP contribution is 2.27. The molecule has 1 saturated heterocycles. The Bertz CT molecular complexity index is 336. The second-order valence-corrected chi connectivity index (χ2v) is 5.03. The van der Waals surface area contributed by atoms with Crippen LogP contribution in [0.1, 0.15) is 44.0 Å². The fourth-order valence-corrected chi connectivity index (χ4v) is 2.77. The number of hydrogen-bond donors (Lipinski definition) is 1. The molecule has 1 atom stereocenters. The number of nitrogens with one attached hydrogen (secondary N) is 1. The largest absolute Gasteiger partial charge is 0.316 e. The predicted octanol–water partition coefficient (Wildman–Crippen LogP) is 0.940. The van der Waals surface area contributed by atoms with Crippen molar-refractivity contribution in [3.63, 3.8) is 0 Å². The predicted molar refractivity (Wildman–Crippen MR) is 60.0 cm³/mol. The van der Waals surface area contributed by atoms with Gasteiger partial charge in [-0.05, 0) is 43.5 Å². The normalized spacial score (nSPS) is 26.6. The number of hydrogen-bond acceptors (Lipinski definition) is 4. The molecule has 0 aromatic carbocycles. The van der Waals surface area contributed by atoms with Gasteiger partial charge in [-0.3, -0.25) is 0 Å². The lowest BCUT2D eigenvalue weighted by molar-refractivity contribution is 0.402. The lowest BCUT2D eigenvalue weighted by Crippen LogP contribution is -2.12. The van der Waals surface area contributed by atoms with Gasteiger partial charge in [0.2, 0.25) is 0 Å². The summed E-state index contributed by atoms with van der Waals surface area (Å²) < 4.78 is 0. The fourth-order valence-electron chi connectivity index (χ4n) is 2.77. The molecule has 0 radical (unpaired) electrons. The van der Waals surface area contributed by atoms with Crippen LogP contribution < -0.4 is 5.32 Å². The van der Waals surface area contributed by atoms with Crippen LogP contribution in [0.15, 0.2) is 0 Å². The van der Waals surface area contributed by atoms with Gasteiger partial charge in [-0.25, -0.2) is 0 Å². The first-order valence-corrected chi connectivity index (χ1v) is 6.41. The highest BCUT2D eigenvalue weighted by molar-refractivity contribution is 4.86. The molecule has 2 aliphatic rings. The van der Waals surface area contributed by atoms with Gasteiger partial charge in [-0.2, -0.15) is 4.80 Å². The molecule has 0 spiro atoms. The van der Waals surface area contributed by atoms with E-state index >= 15 is 0 Å². The van der Waals surface area contributed by atoms with Crippen LogP contribution in [0.2, 0.25) is 0 Å². The van der Waals surface area contributed by atoms with E-state index < -0.39 is 0 Å². The van der Waals surface area contributed by atoms with Crippen LogP contribution in [-0.2, 0) is 6.42 Å². The Labute approximate surface area is 95.6 Å². The maximum absolute atomic E-state index is 4.52. The fraction of sp³-hybridized carbons (Fsp3) is 0.909. The van der Waals surface area contributed by atoms with Crippen LogP contribution in [0, 0.1) is 5.92 Å². The summed E-state index contributed by atoms with van der Waals surface area (Å²) in [6, 6.07) is 0.517. The lowest BCUT2D eigenvalue weighted by Gasteiger charge is -2.05. The third kappa shape index (κ3) is 2.09. The topological polar surface area (TPSA) is 55.6 Å². The van der Waals surface area contributed by atoms with Gasteiger partial charge in [0.05, 0.1) is 6.04 Å². The van der Waals surface area contributed by atoms with Crippen LogP contribution in [0.5, 0.6) is 0 Å². The van der Waals surface area contributed by atoms with Crippen molar-refractivity contribution in [2.24, 2.45) is 5.92 Å². The summed E-state index contributed by atoms with van der Waals surface area (Å²) >= 11 is 0. The Morgan fingerprint density at radius 1 is 1.25 bits per heavy atom. The summed E-state index contributed by atoms with van der Waals surface area (Å²) in [5, 5.41) is 16.3. The Morgan fingerprint density at radius 2 is 2.12 bits per heavy atom. The van der Waals surface area contributed by atoms with E-state index in [9.17, 15) is 0 Å². The molecule has 16 heavy (non-hydrogen) atoms. The average molecular weight is 221 g/mol. The van der Waals surface area contributed by atoms with Crippen molar-refractivity contribution in [1.29, 1.82) is 0 Å². The van der Waals surface area contributed by atoms with E-state index in [0.29, 0.717) is 12.0 Å². The Balaban J connectivity index is 1.62. The van der Waals surface area contributed by atoms with Gasteiger partial charge in [0.1, 0.15) is 0 Å². The standard InChI is InChI=1S/C11H19N5/c1-2-4-10(3-1)16-14-11(13-15-16)7-9-5-6-12-8-9/h9-10,12H,1-8H2. The minimum Gasteiger partial charge on any atom is -0.316 e. The third-order valence-corrected chi connectivity index (χ3v) is 3.75. The maximum Gasteiger partial charge on any atom is 0.175 e. The van der Waals surface area contributed by atoms with Crippen LogP contribution in [0.4, 0.5) is 0 Å². The number of aromatic nitrogens is 4. The van der Waals surface area contributed by atoms with Crippen LogP contribution in [0.25, 0.3) is 0 Å². The molecule has 1 unspecified atom stereocenters. The van der Waals surface area contributed by atoms with E-state index in [-0.39, 0.29) is 0 Å². The summed E-state index contributed by atoms with van der Waals surface area (Å²) in [7, 11) is 0. The van der Waals surface area contributed by atoms with E-state index in [1.807, 2.05) is 4.80 Å². The van der Waals surface area contributed by atoms with Crippen LogP contribution >= 0.6 is 0 Å². The molecular weight excluding hydrogens is 202 g/mol. The molecule has 1 N–H and O–H groups in total. The summed E-state index contributed by atoms with van der Waals surface area (Å²) in [6.07, 6.45) is 7.31. The maximum atomic E-state index is 4.52. The molecule has 1 aromatic heterocycles. The minimum absolute atomic E-state index is 0.517. The molecule has 3 rings (SSSR count). The lowest BCUT2D eigenvalue weighted by atomic mass is 10.1. The van der Waals surface area contributed by atoms with Gasteiger partial charge < -0.3 is 5.32 Å². The highest BCUT2D eigenvalue weighted by atomic mass is 15.6. The minimum atomic E-state index is 0.517. The zero-order chi connectivity index (χ0) is 10.8. The van der Waals surface area contributed by atoms with E-state index in [1.54, 1.807) is 0 Å². The van der Waals surface area contributed by atoms with Crippen molar-refractivity contribution in [2.75, 3.05) is 13.1 Å². The average Bonchev–Trinajstić information content (AvgIpc) is 2.99. The van der Waals surface area contributed by atoms with Crippen LogP contribution in [-0.4, -0.2) is 33.3 Å². The molecule has 1 aliphatic carbocycles. The molecule has 2 heterocycles. The molecule has 1 aromatic rings. The van der Waals surface area contributed by atoms with Gasteiger partial charge in [0.15, 0.2) is 5.82 Å². The van der Waals surface area contributed by atoms with E-state index in [2.05, 4.69) is 20.7 Å². The van der Waals surface area contributed by atoms with Crippen molar-refractivity contribution in [2.45, 2.75) is 44.6 Å². The first kappa shape index (κ1) is 10.2. The molecular formula is C11H19N5. The monoisotopic (exact) mass is 221 g/mol.